The Morgan fingerprint density at radius 3 is 3.07 bits per heavy atom. The standard InChI is InChI=1S/C21H26N4O2/c1-13-19(15-5-2-3-7-18(15)27-13)21(26)25-10-4-6-17(25)20-23-12-14-11-22-9-8-16(14)24-20/h12,17,22H,2-11H2,1H3/t17-/m0/s1. The molecule has 1 atom stereocenters. The molecule has 1 aliphatic carbocycles. The molecule has 1 N–H and O–H groups in total. The molecule has 142 valence electrons. The Hall–Kier alpha value is -2.21. The Kier molecular flexibility index (Phi) is 4.23. The number of likely N-dealkylation sites (tertiary alicyclic amines) is 1. The van der Waals surface area contributed by atoms with E-state index in [2.05, 4.69) is 10.3 Å². The number of furan rings is 1. The second-order valence-corrected chi connectivity index (χ2v) is 7.93. The molecule has 5 rings (SSSR count). The monoisotopic (exact) mass is 366 g/mol. The van der Waals surface area contributed by atoms with Crippen molar-refractivity contribution < 1.29 is 9.21 Å². The molecule has 0 saturated carbocycles. The maximum Gasteiger partial charge on any atom is 0.258 e. The van der Waals surface area contributed by atoms with Crippen molar-refractivity contribution in [3.05, 3.63) is 45.9 Å². The van der Waals surface area contributed by atoms with E-state index in [1.807, 2.05) is 18.0 Å². The molecule has 0 aromatic carbocycles. The highest BCUT2D eigenvalue weighted by molar-refractivity contribution is 5.97. The number of nitrogens with one attached hydrogen (secondary N) is 1. The van der Waals surface area contributed by atoms with Crippen LogP contribution in [0.25, 0.3) is 0 Å². The van der Waals surface area contributed by atoms with Crippen LogP contribution in [0.3, 0.4) is 0 Å². The summed E-state index contributed by atoms with van der Waals surface area (Å²) >= 11 is 0. The van der Waals surface area contributed by atoms with Gasteiger partial charge in [-0.25, -0.2) is 9.97 Å². The van der Waals surface area contributed by atoms with Crippen LogP contribution in [-0.4, -0.2) is 33.9 Å². The van der Waals surface area contributed by atoms with Crippen LogP contribution in [0.15, 0.2) is 10.6 Å². The minimum absolute atomic E-state index is 0.0220. The van der Waals surface area contributed by atoms with E-state index in [4.69, 9.17) is 9.40 Å². The molecular weight excluding hydrogens is 340 g/mol. The fourth-order valence-electron chi connectivity index (χ4n) is 4.82. The molecule has 6 nitrogen and oxygen atoms in total. The van der Waals surface area contributed by atoms with Crippen molar-refractivity contribution in [1.82, 2.24) is 20.2 Å². The van der Waals surface area contributed by atoms with E-state index >= 15 is 0 Å². The molecule has 4 heterocycles. The minimum atomic E-state index is -0.0220. The van der Waals surface area contributed by atoms with Crippen LogP contribution in [-0.2, 0) is 25.8 Å². The lowest BCUT2D eigenvalue weighted by molar-refractivity contribution is 0.0726. The van der Waals surface area contributed by atoms with Gasteiger partial charge in [0.05, 0.1) is 11.6 Å². The molecule has 2 aromatic heterocycles. The lowest BCUT2D eigenvalue weighted by Crippen LogP contribution is -2.33. The zero-order valence-corrected chi connectivity index (χ0v) is 15.9. The molecule has 27 heavy (non-hydrogen) atoms. The van der Waals surface area contributed by atoms with E-state index in [1.54, 1.807) is 0 Å². The number of fused-ring (bicyclic) bond motifs is 2. The first-order valence-corrected chi connectivity index (χ1v) is 10.2. The van der Waals surface area contributed by atoms with Crippen LogP contribution in [0.2, 0.25) is 0 Å². The first-order chi connectivity index (χ1) is 13.2. The number of aryl methyl sites for hydroxylation is 2. The Morgan fingerprint density at radius 1 is 1.26 bits per heavy atom. The van der Waals surface area contributed by atoms with Crippen LogP contribution in [0.5, 0.6) is 0 Å². The number of amides is 1. The molecular formula is C21H26N4O2. The normalized spacial score (nSPS) is 21.8. The molecule has 0 spiro atoms. The highest BCUT2D eigenvalue weighted by atomic mass is 16.3. The van der Waals surface area contributed by atoms with Crippen LogP contribution in [0.1, 0.15) is 76.2 Å². The van der Waals surface area contributed by atoms with Crippen molar-refractivity contribution in [2.24, 2.45) is 0 Å². The summed E-state index contributed by atoms with van der Waals surface area (Å²) in [4.78, 5) is 24.9. The van der Waals surface area contributed by atoms with Crippen molar-refractivity contribution in [3.63, 3.8) is 0 Å². The highest BCUT2D eigenvalue weighted by Crippen LogP contribution is 2.36. The quantitative estimate of drug-likeness (QED) is 0.885. The van der Waals surface area contributed by atoms with Crippen LogP contribution in [0, 0.1) is 6.92 Å². The summed E-state index contributed by atoms with van der Waals surface area (Å²) in [5.41, 5.74) is 4.26. The predicted molar refractivity (Wildman–Crippen MR) is 101 cm³/mol. The van der Waals surface area contributed by atoms with E-state index in [9.17, 15) is 4.79 Å². The van der Waals surface area contributed by atoms with Crippen molar-refractivity contribution in [1.29, 1.82) is 0 Å². The van der Waals surface area contributed by atoms with Gasteiger partial charge in [-0.15, -0.1) is 0 Å². The maximum atomic E-state index is 13.5. The van der Waals surface area contributed by atoms with Gasteiger partial charge in [0.15, 0.2) is 5.82 Å². The van der Waals surface area contributed by atoms with Crippen LogP contribution >= 0.6 is 0 Å². The summed E-state index contributed by atoms with van der Waals surface area (Å²) in [6.45, 7) is 4.49. The zero-order valence-electron chi connectivity index (χ0n) is 15.9. The second-order valence-electron chi connectivity index (χ2n) is 7.93. The van der Waals surface area contributed by atoms with Gasteiger partial charge in [-0.2, -0.15) is 0 Å². The van der Waals surface area contributed by atoms with Gasteiger partial charge in [-0.1, -0.05) is 0 Å². The fraction of sp³-hybridized carbons (Fsp3) is 0.571. The molecule has 2 aromatic rings. The third kappa shape index (κ3) is 2.87. The smallest absolute Gasteiger partial charge is 0.258 e. The first kappa shape index (κ1) is 16.9. The maximum absolute atomic E-state index is 13.5. The summed E-state index contributed by atoms with van der Waals surface area (Å²) in [5.74, 6) is 2.70. The molecule has 3 aliphatic rings. The number of aromatic nitrogens is 2. The molecule has 0 bridgehead atoms. The summed E-state index contributed by atoms with van der Waals surface area (Å²) in [7, 11) is 0. The lowest BCUT2D eigenvalue weighted by Gasteiger charge is -2.25. The van der Waals surface area contributed by atoms with E-state index in [1.165, 1.54) is 5.56 Å². The van der Waals surface area contributed by atoms with Gasteiger partial charge >= 0.3 is 0 Å². The van der Waals surface area contributed by atoms with Gasteiger partial charge in [0, 0.05) is 55.5 Å². The summed E-state index contributed by atoms with van der Waals surface area (Å²) in [5, 5.41) is 3.36. The third-order valence-corrected chi connectivity index (χ3v) is 6.20. The lowest BCUT2D eigenvalue weighted by atomic mass is 9.94. The number of carbonyl (C=O) groups is 1. The molecule has 1 fully saturated rings. The summed E-state index contributed by atoms with van der Waals surface area (Å²) < 4.78 is 5.95. The SMILES string of the molecule is Cc1oc2c(c1C(=O)N1CCC[C@H]1c1ncc3c(n1)CCNC3)CCCC2. The third-order valence-electron chi connectivity index (χ3n) is 6.20. The van der Waals surface area contributed by atoms with E-state index in [0.29, 0.717) is 0 Å². The zero-order chi connectivity index (χ0) is 18.4. The van der Waals surface area contributed by atoms with Gasteiger partial charge in [0.1, 0.15) is 11.5 Å². The van der Waals surface area contributed by atoms with Crippen molar-refractivity contribution in [2.45, 2.75) is 64.5 Å². The van der Waals surface area contributed by atoms with Crippen LogP contribution in [0.4, 0.5) is 0 Å². The molecule has 0 unspecified atom stereocenters. The number of nitrogens with zero attached hydrogens (tertiary/aromatic N) is 3. The topological polar surface area (TPSA) is 71.3 Å². The Morgan fingerprint density at radius 2 is 2.15 bits per heavy atom. The van der Waals surface area contributed by atoms with E-state index in [-0.39, 0.29) is 11.9 Å². The van der Waals surface area contributed by atoms with Crippen molar-refractivity contribution in [2.75, 3.05) is 13.1 Å². The van der Waals surface area contributed by atoms with Crippen molar-refractivity contribution >= 4 is 5.91 Å². The number of rotatable bonds is 2. The van der Waals surface area contributed by atoms with Gasteiger partial charge < -0.3 is 14.6 Å². The van der Waals surface area contributed by atoms with E-state index < -0.39 is 0 Å². The number of hydrogen-bond donors (Lipinski definition) is 1. The largest absolute Gasteiger partial charge is 0.465 e. The average Bonchev–Trinajstić information content (AvgIpc) is 3.31. The van der Waals surface area contributed by atoms with Crippen LogP contribution < -0.4 is 5.32 Å². The first-order valence-electron chi connectivity index (χ1n) is 10.2. The molecule has 2 aliphatic heterocycles. The highest BCUT2D eigenvalue weighted by Gasteiger charge is 2.36. The summed E-state index contributed by atoms with van der Waals surface area (Å²) in [6, 6.07) is -0.0220. The molecule has 0 radical (unpaired) electrons. The Bertz CT molecular complexity index is 889. The van der Waals surface area contributed by atoms with Gasteiger partial charge in [0.25, 0.3) is 5.91 Å². The summed E-state index contributed by atoms with van der Waals surface area (Å²) in [6.07, 6.45) is 8.99. The molecule has 1 amide bonds. The minimum Gasteiger partial charge on any atom is -0.465 e. The Labute approximate surface area is 159 Å². The fourth-order valence-corrected chi connectivity index (χ4v) is 4.82. The predicted octanol–water partition coefficient (Wildman–Crippen LogP) is 2.88. The molecule has 1 saturated heterocycles. The van der Waals surface area contributed by atoms with Crippen molar-refractivity contribution in [3.8, 4) is 0 Å². The Balaban J connectivity index is 1.46. The number of hydrogen-bond acceptors (Lipinski definition) is 5. The second kappa shape index (κ2) is 6.75. The van der Waals surface area contributed by atoms with Gasteiger partial charge in [-0.3, -0.25) is 4.79 Å². The van der Waals surface area contributed by atoms with E-state index in [0.717, 1.165) is 98.7 Å². The van der Waals surface area contributed by atoms with Gasteiger partial charge in [0.2, 0.25) is 0 Å². The van der Waals surface area contributed by atoms with Gasteiger partial charge in [-0.05, 0) is 39.0 Å². The number of carbonyl (C=O) groups excluding carboxylic acids is 1. The average molecular weight is 366 g/mol. The molecule has 6 heteroatoms.